The summed E-state index contributed by atoms with van der Waals surface area (Å²) in [7, 11) is -10.5. The number of carboxylic acids is 1. The Labute approximate surface area is 280 Å². The van der Waals surface area contributed by atoms with Gasteiger partial charge in [-0.3, -0.25) is 18.7 Å². The summed E-state index contributed by atoms with van der Waals surface area (Å²) in [5, 5.41) is 8.63. The zero-order chi connectivity index (χ0) is 38.3. The molecule has 1 heterocycles. The average Bonchev–Trinajstić information content (AvgIpc) is 3.04. The quantitative estimate of drug-likeness (QED) is 0.148. The highest BCUT2D eigenvalue weighted by atomic mass is 32.2. The van der Waals surface area contributed by atoms with Crippen LogP contribution < -0.4 is 8.61 Å². The van der Waals surface area contributed by atoms with E-state index in [9.17, 15) is 75.8 Å². The van der Waals surface area contributed by atoms with Gasteiger partial charge in [0.15, 0.2) is 5.82 Å². The Bertz CT molecular complexity index is 2220. The summed E-state index contributed by atoms with van der Waals surface area (Å²) in [5.41, 5.74) is -2.85. The van der Waals surface area contributed by atoms with Crippen molar-refractivity contribution in [1.82, 2.24) is 4.98 Å². The molecule has 0 aliphatic carbocycles. The molecule has 0 saturated carbocycles. The van der Waals surface area contributed by atoms with Gasteiger partial charge in [0.05, 0.1) is 21.7 Å². The van der Waals surface area contributed by atoms with E-state index in [0.717, 1.165) is 12.1 Å². The Kier molecular flexibility index (Phi) is 10.2. The van der Waals surface area contributed by atoms with E-state index in [2.05, 4.69) is 4.98 Å². The fraction of sp³-hybridized carbons (Fsp3) is 0.172. The molecule has 0 atom stereocenters. The number of carbonyl (C=O) groups is 3. The van der Waals surface area contributed by atoms with Crippen LogP contribution in [0.3, 0.4) is 0 Å². The smallest absolute Gasteiger partial charge is 0.454 e. The summed E-state index contributed by atoms with van der Waals surface area (Å²) in [6.45, 7) is -3.68. The van der Waals surface area contributed by atoms with E-state index >= 15 is 0 Å². The van der Waals surface area contributed by atoms with Gasteiger partial charge in [0, 0.05) is 21.9 Å². The van der Waals surface area contributed by atoms with Crippen molar-refractivity contribution in [1.29, 1.82) is 0 Å². The van der Waals surface area contributed by atoms with Crippen molar-refractivity contribution < 1.29 is 75.8 Å². The fourth-order valence-corrected chi connectivity index (χ4v) is 7.40. The van der Waals surface area contributed by atoms with Gasteiger partial charge in [-0.05, 0) is 48.5 Å². The second-order valence-electron chi connectivity index (χ2n) is 10.2. The van der Waals surface area contributed by atoms with Gasteiger partial charge in [-0.2, -0.15) is 39.5 Å². The number of ketones is 2. The number of anilines is 2. The molecule has 0 unspecified atom stereocenters. The fourth-order valence-electron chi connectivity index (χ4n) is 4.56. The molecular weight excluding hydrogens is 753 g/mol. The molecule has 4 aromatic rings. The van der Waals surface area contributed by atoms with Crippen LogP contribution in [-0.4, -0.2) is 76.1 Å². The molecule has 51 heavy (non-hydrogen) atoms. The van der Waals surface area contributed by atoms with E-state index in [1.165, 1.54) is 12.1 Å². The van der Waals surface area contributed by atoms with Gasteiger partial charge in [-0.1, -0.05) is 24.3 Å². The highest BCUT2D eigenvalue weighted by molar-refractivity contribution is 7.93. The minimum atomic E-state index is -5.35. The van der Waals surface area contributed by atoms with E-state index in [1.54, 1.807) is 0 Å². The zero-order valence-corrected chi connectivity index (χ0v) is 26.4. The molecule has 0 bridgehead atoms. The van der Waals surface area contributed by atoms with Gasteiger partial charge in [-0.15, -0.1) is 0 Å². The van der Waals surface area contributed by atoms with Crippen LogP contribution in [0.2, 0.25) is 0 Å². The molecule has 1 aromatic heterocycles. The number of rotatable bonds is 11. The van der Waals surface area contributed by atoms with Crippen LogP contribution >= 0.6 is 0 Å². The van der Waals surface area contributed by atoms with Crippen molar-refractivity contribution >= 4 is 59.9 Å². The molecule has 0 fully saturated rings. The number of alkyl halides is 9. The van der Waals surface area contributed by atoms with Gasteiger partial charge in [0.1, 0.15) is 13.1 Å². The van der Waals surface area contributed by atoms with Gasteiger partial charge in [0.25, 0.3) is 31.6 Å². The first-order chi connectivity index (χ1) is 23.4. The summed E-state index contributed by atoms with van der Waals surface area (Å²) in [4.78, 5) is 36.8. The Morgan fingerprint density at radius 1 is 0.627 bits per heavy atom. The molecule has 0 saturated heterocycles. The lowest BCUT2D eigenvalue weighted by molar-refractivity contribution is -0.135. The number of carbonyl (C=O) groups excluding carboxylic acids is 2. The number of pyridine rings is 1. The van der Waals surface area contributed by atoms with Gasteiger partial charge in [0.2, 0.25) is 0 Å². The predicted octanol–water partition coefficient (Wildman–Crippen LogP) is 5.76. The number of hydrogen-bond donors (Lipinski definition) is 1. The molecule has 0 radical (unpaired) electrons. The lowest BCUT2D eigenvalue weighted by Crippen LogP contribution is -2.40. The number of hydrogen-bond acceptors (Lipinski definition) is 8. The number of carboxylic acid groups (broad SMARTS) is 1. The van der Waals surface area contributed by atoms with E-state index in [-0.39, 0.29) is 8.61 Å². The Hall–Kier alpha value is -5.25. The van der Waals surface area contributed by atoms with Crippen molar-refractivity contribution in [3.8, 4) is 0 Å². The first-order valence-corrected chi connectivity index (χ1v) is 16.4. The maximum atomic E-state index is 13.8. The third-order valence-electron chi connectivity index (χ3n) is 6.78. The first-order valence-electron chi connectivity index (χ1n) is 13.5. The molecule has 3 aromatic carbocycles. The monoisotopic (exact) mass is 771 g/mol. The third kappa shape index (κ3) is 8.22. The van der Waals surface area contributed by atoms with Crippen molar-refractivity contribution in [2.45, 2.75) is 28.3 Å². The van der Waals surface area contributed by atoms with Gasteiger partial charge < -0.3 is 5.11 Å². The summed E-state index contributed by atoms with van der Waals surface area (Å²) in [6, 6.07) is 8.31. The molecule has 0 spiro atoms. The number of Topliss-reactive ketones (excluding diaryl/α,β-unsaturated/α-hetero) is 2. The largest absolute Gasteiger partial charge is 0.480 e. The summed E-state index contributed by atoms with van der Waals surface area (Å²) < 4.78 is 173. The molecule has 272 valence electrons. The highest BCUT2D eigenvalue weighted by Gasteiger charge is 2.42. The standard InChI is InChI=1S/C29H18F9N3O8S2/c30-27(31,32)15-41(51(48,49)19-11-7-17(8-12-19)25(45)29(36,37)38)22-13-39-26(21-4-2-1-3-20(21)22)40(14-23(42)43)50(46,47)18-9-5-16(6-10-18)24(44)28(33,34)35/h1-13H,14-15H2,(H,42,43). The molecule has 22 heteroatoms. The topological polar surface area (TPSA) is 159 Å². The lowest BCUT2D eigenvalue weighted by atomic mass is 10.1. The number of sulfonamides is 2. The van der Waals surface area contributed by atoms with Crippen LogP contribution in [0, 0.1) is 0 Å². The van der Waals surface area contributed by atoms with Crippen molar-refractivity contribution in [3.63, 3.8) is 0 Å². The molecule has 0 amide bonds. The predicted molar refractivity (Wildman–Crippen MR) is 158 cm³/mol. The van der Waals surface area contributed by atoms with Crippen molar-refractivity contribution in [2.75, 3.05) is 21.7 Å². The molecular formula is C29H18F9N3O8S2. The van der Waals surface area contributed by atoms with Crippen LogP contribution in [0.15, 0.2) is 88.8 Å². The number of halogens is 9. The summed E-state index contributed by atoms with van der Waals surface area (Å²) in [5.74, 6) is -7.28. The SMILES string of the molecule is O=C(O)CN(c1ncc(N(CC(F)(F)F)S(=O)(=O)c2ccc(C(=O)C(F)(F)F)cc2)c2ccccc12)S(=O)(=O)c1ccc(C(=O)C(F)(F)F)cc1. The molecule has 11 nitrogen and oxygen atoms in total. The minimum Gasteiger partial charge on any atom is -0.480 e. The number of aromatic nitrogens is 1. The Balaban J connectivity index is 1.89. The van der Waals surface area contributed by atoms with E-state index in [1.807, 2.05) is 0 Å². The maximum Gasteiger partial charge on any atom is 0.454 e. The van der Waals surface area contributed by atoms with Crippen LogP contribution in [0.4, 0.5) is 51.0 Å². The normalized spacial score (nSPS) is 12.8. The van der Waals surface area contributed by atoms with Crippen LogP contribution in [0.1, 0.15) is 20.7 Å². The zero-order valence-electron chi connectivity index (χ0n) is 24.8. The van der Waals surface area contributed by atoms with E-state index < -0.39 is 112 Å². The molecule has 4 rings (SSSR count). The second kappa shape index (κ2) is 13.5. The van der Waals surface area contributed by atoms with E-state index in [0.29, 0.717) is 54.7 Å². The number of fused-ring (bicyclic) bond motifs is 1. The number of benzene rings is 3. The summed E-state index contributed by atoms with van der Waals surface area (Å²) >= 11 is 0. The van der Waals surface area contributed by atoms with Crippen molar-refractivity contribution in [2.24, 2.45) is 0 Å². The lowest BCUT2D eigenvalue weighted by Gasteiger charge is -2.28. The number of nitrogens with zero attached hydrogens (tertiary/aromatic N) is 3. The third-order valence-corrected chi connectivity index (χ3v) is 10.3. The first kappa shape index (κ1) is 38.6. The second-order valence-corrected chi connectivity index (χ2v) is 14.0. The van der Waals surface area contributed by atoms with Crippen LogP contribution in [0.25, 0.3) is 10.8 Å². The van der Waals surface area contributed by atoms with Gasteiger partial charge in [-0.25, -0.2) is 26.1 Å². The summed E-state index contributed by atoms with van der Waals surface area (Å²) in [6.07, 6.45) is -15.5. The average molecular weight is 772 g/mol. The molecule has 0 aliphatic rings. The Morgan fingerprint density at radius 2 is 1.04 bits per heavy atom. The maximum absolute atomic E-state index is 13.8. The van der Waals surface area contributed by atoms with Gasteiger partial charge >= 0.3 is 24.5 Å². The molecule has 0 aliphatic heterocycles. The Morgan fingerprint density at radius 3 is 1.43 bits per heavy atom. The van der Waals surface area contributed by atoms with E-state index in [4.69, 9.17) is 0 Å². The highest BCUT2D eigenvalue weighted by Crippen LogP contribution is 2.38. The minimum absolute atomic E-state index is 0.126. The van der Waals surface area contributed by atoms with Crippen molar-refractivity contribution in [3.05, 3.63) is 90.1 Å². The molecule has 1 N–H and O–H groups in total. The number of aliphatic carboxylic acids is 1. The van der Waals surface area contributed by atoms with Crippen LogP contribution in [-0.2, 0) is 24.8 Å². The van der Waals surface area contributed by atoms with Crippen LogP contribution in [0.5, 0.6) is 0 Å².